The lowest BCUT2D eigenvalue weighted by atomic mass is 10.0. The number of amides is 1. The Morgan fingerprint density at radius 1 is 0.530 bits per heavy atom. The van der Waals surface area contributed by atoms with Crippen LogP contribution < -0.4 is 5.32 Å². The van der Waals surface area contributed by atoms with Crippen LogP contribution in [0.5, 0.6) is 0 Å². The number of aliphatic hydroxyl groups excluding tert-OH is 1. The van der Waals surface area contributed by atoms with Gasteiger partial charge >= 0.3 is 7.82 Å². The molecular formula is C57H98N2O6P+. The van der Waals surface area contributed by atoms with Gasteiger partial charge in [0.2, 0.25) is 5.91 Å². The molecule has 3 unspecified atom stereocenters. The SMILES string of the molecule is CC/C=C\C/C=C\C/C=C\C/C=C\C/C=C\C/C=C\C/C=C\C/C=C\C/C=C\C/C=C\CCCCCCCCCCCCC(=O)NC(COP(=O)(O)OCC[N+](C)(C)C)C(O)CCCCC. The summed E-state index contributed by atoms with van der Waals surface area (Å²) in [6.07, 6.45) is 70.6. The second-order valence-corrected chi connectivity index (χ2v) is 19.6. The van der Waals surface area contributed by atoms with Crippen molar-refractivity contribution < 1.29 is 32.9 Å². The monoisotopic (exact) mass is 938 g/mol. The number of phosphoric acid groups is 1. The van der Waals surface area contributed by atoms with Gasteiger partial charge < -0.3 is 19.8 Å². The third kappa shape index (κ3) is 48.8. The van der Waals surface area contributed by atoms with Crippen LogP contribution in [0.25, 0.3) is 0 Å². The van der Waals surface area contributed by atoms with Gasteiger partial charge in [-0.3, -0.25) is 13.8 Å². The zero-order chi connectivity index (χ0) is 48.5. The fourth-order valence-electron chi connectivity index (χ4n) is 6.66. The molecule has 0 aliphatic rings. The second kappa shape index (κ2) is 47.0. The molecule has 0 fully saturated rings. The highest BCUT2D eigenvalue weighted by Crippen LogP contribution is 2.43. The Balaban J connectivity index is 3.84. The number of hydrogen-bond donors (Lipinski definition) is 3. The van der Waals surface area contributed by atoms with Crippen molar-refractivity contribution in [1.29, 1.82) is 0 Å². The molecule has 0 aliphatic heterocycles. The van der Waals surface area contributed by atoms with E-state index in [1.165, 1.54) is 44.9 Å². The first-order chi connectivity index (χ1) is 32.0. The molecule has 3 atom stereocenters. The van der Waals surface area contributed by atoms with E-state index in [4.69, 9.17) is 9.05 Å². The normalized spacial score (nSPS) is 15.1. The van der Waals surface area contributed by atoms with Gasteiger partial charge in [-0.15, -0.1) is 0 Å². The molecule has 3 N–H and O–H groups in total. The molecule has 0 aromatic carbocycles. The van der Waals surface area contributed by atoms with Gasteiger partial charge in [0.25, 0.3) is 0 Å². The molecule has 0 saturated carbocycles. The summed E-state index contributed by atoms with van der Waals surface area (Å²) < 4.78 is 23.3. The van der Waals surface area contributed by atoms with Crippen molar-refractivity contribution in [2.75, 3.05) is 40.9 Å². The molecule has 1 amide bonds. The lowest BCUT2D eigenvalue weighted by Gasteiger charge is -2.26. The van der Waals surface area contributed by atoms with Crippen LogP contribution in [-0.4, -0.2) is 73.4 Å². The Labute approximate surface area is 405 Å². The van der Waals surface area contributed by atoms with Gasteiger partial charge in [-0.1, -0.05) is 206 Å². The predicted molar refractivity (Wildman–Crippen MR) is 285 cm³/mol. The number of rotatable bonds is 45. The first-order valence-electron chi connectivity index (χ1n) is 25.9. The predicted octanol–water partition coefficient (Wildman–Crippen LogP) is 15.4. The van der Waals surface area contributed by atoms with Crippen LogP contribution in [0, 0.1) is 0 Å². The summed E-state index contributed by atoms with van der Waals surface area (Å²) in [5, 5.41) is 13.6. The molecular weight excluding hydrogens is 840 g/mol. The smallest absolute Gasteiger partial charge is 0.391 e. The summed E-state index contributed by atoms with van der Waals surface area (Å²) in [7, 11) is 1.59. The van der Waals surface area contributed by atoms with Crippen molar-refractivity contribution in [1.82, 2.24) is 5.32 Å². The number of hydrogen-bond acceptors (Lipinski definition) is 5. The molecule has 0 bridgehead atoms. The molecule has 0 aliphatic carbocycles. The number of carbonyl (C=O) groups excluding carboxylic acids is 1. The standard InChI is InChI=1S/C57H97N2O6P/c1-6-8-10-11-12-13-14-15-16-17-18-19-20-21-22-23-24-25-26-27-28-29-30-31-32-33-34-35-36-37-38-39-40-41-42-43-44-45-46-47-49-51-57(61)58-55(56(60)50-48-9-7-2)54-65-66(62,63)64-53-52-59(3,4)5/h8,10,12-13,15-16,18-19,21-22,24-25,27-28,30-31,33-34,36-37,55-56,60H,6-7,9,11,14,17,20,23,26,29,32,35,38-54H2,1-5H3,(H-,58,61,62,63)/p+1/b10-8-,13-12-,16-15-,19-18-,22-21-,25-24-,28-27-,31-30-,34-33-,37-36-. The summed E-state index contributed by atoms with van der Waals surface area (Å²) in [5.74, 6) is -0.167. The Bertz CT molecular complexity index is 1480. The van der Waals surface area contributed by atoms with E-state index >= 15 is 0 Å². The van der Waals surface area contributed by atoms with E-state index in [9.17, 15) is 19.4 Å². The molecule has 8 nitrogen and oxygen atoms in total. The van der Waals surface area contributed by atoms with Gasteiger partial charge in [0.15, 0.2) is 0 Å². The number of nitrogens with zero attached hydrogens (tertiary/aromatic N) is 1. The molecule has 0 spiro atoms. The first-order valence-corrected chi connectivity index (χ1v) is 27.4. The number of aliphatic hydroxyl groups is 1. The molecule has 66 heavy (non-hydrogen) atoms. The number of quaternary nitrogens is 1. The van der Waals surface area contributed by atoms with Crippen LogP contribution >= 0.6 is 7.82 Å². The minimum atomic E-state index is -4.30. The van der Waals surface area contributed by atoms with E-state index in [-0.39, 0.29) is 19.1 Å². The summed E-state index contributed by atoms with van der Waals surface area (Å²) in [6, 6.07) is -0.765. The van der Waals surface area contributed by atoms with Crippen molar-refractivity contribution in [2.24, 2.45) is 0 Å². The van der Waals surface area contributed by atoms with Gasteiger partial charge in [0.1, 0.15) is 13.2 Å². The summed E-state index contributed by atoms with van der Waals surface area (Å²) in [4.78, 5) is 22.9. The third-order valence-corrected chi connectivity index (χ3v) is 11.7. The maximum absolute atomic E-state index is 12.7. The minimum Gasteiger partial charge on any atom is -0.391 e. The van der Waals surface area contributed by atoms with Gasteiger partial charge in [-0.25, -0.2) is 4.57 Å². The lowest BCUT2D eigenvalue weighted by molar-refractivity contribution is -0.870. The highest BCUT2D eigenvalue weighted by atomic mass is 31.2. The maximum atomic E-state index is 12.7. The third-order valence-electron chi connectivity index (χ3n) is 10.7. The van der Waals surface area contributed by atoms with Crippen LogP contribution in [0.3, 0.4) is 0 Å². The van der Waals surface area contributed by atoms with Crippen LogP contribution in [-0.2, 0) is 18.4 Å². The van der Waals surface area contributed by atoms with Crippen molar-refractivity contribution >= 4 is 13.7 Å². The quantitative estimate of drug-likeness (QED) is 0.0243. The Morgan fingerprint density at radius 3 is 1.30 bits per heavy atom. The van der Waals surface area contributed by atoms with E-state index in [1.807, 2.05) is 21.1 Å². The van der Waals surface area contributed by atoms with Gasteiger partial charge in [0.05, 0.1) is 39.9 Å². The van der Waals surface area contributed by atoms with Crippen LogP contribution in [0.1, 0.15) is 181 Å². The number of allylic oxidation sites excluding steroid dienone is 20. The Kier molecular flexibility index (Phi) is 44.8. The molecule has 9 heteroatoms. The fraction of sp³-hybridized carbons (Fsp3) is 0.632. The van der Waals surface area contributed by atoms with Gasteiger partial charge in [-0.2, -0.15) is 0 Å². The van der Waals surface area contributed by atoms with E-state index in [0.717, 1.165) is 109 Å². The van der Waals surface area contributed by atoms with Crippen LogP contribution in [0.2, 0.25) is 0 Å². The van der Waals surface area contributed by atoms with Crippen LogP contribution in [0.4, 0.5) is 0 Å². The van der Waals surface area contributed by atoms with Crippen LogP contribution in [0.15, 0.2) is 122 Å². The fourth-order valence-corrected chi connectivity index (χ4v) is 7.40. The average Bonchev–Trinajstić information content (AvgIpc) is 3.27. The highest BCUT2D eigenvalue weighted by molar-refractivity contribution is 7.47. The topological polar surface area (TPSA) is 105 Å². The summed E-state index contributed by atoms with van der Waals surface area (Å²) in [6.45, 7) is 4.57. The number of nitrogens with one attached hydrogen (secondary N) is 1. The Morgan fingerprint density at radius 2 is 0.909 bits per heavy atom. The molecule has 0 rings (SSSR count). The number of likely N-dealkylation sites (N-methyl/N-ethyl adjacent to an activating group) is 1. The van der Waals surface area contributed by atoms with Crippen molar-refractivity contribution in [3.63, 3.8) is 0 Å². The van der Waals surface area contributed by atoms with Gasteiger partial charge in [0, 0.05) is 6.42 Å². The first kappa shape index (κ1) is 62.9. The lowest BCUT2D eigenvalue weighted by Crippen LogP contribution is -2.46. The summed E-state index contributed by atoms with van der Waals surface area (Å²) in [5.41, 5.74) is 0. The molecule has 0 heterocycles. The highest BCUT2D eigenvalue weighted by Gasteiger charge is 2.28. The van der Waals surface area contributed by atoms with E-state index in [0.29, 0.717) is 23.9 Å². The second-order valence-electron chi connectivity index (χ2n) is 18.2. The van der Waals surface area contributed by atoms with Crippen molar-refractivity contribution in [3.05, 3.63) is 122 Å². The molecule has 0 aromatic rings. The molecule has 376 valence electrons. The number of phosphoric ester groups is 1. The van der Waals surface area contributed by atoms with E-state index < -0.39 is 20.0 Å². The Hall–Kier alpha value is -3.10. The van der Waals surface area contributed by atoms with Crippen molar-refractivity contribution in [3.8, 4) is 0 Å². The molecule has 0 aromatic heterocycles. The van der Waals surface area contributed by atoms with E-state index in [2.05, 4.69) is 141 Å². The van der Waals surface area contributed by atoms with Gasteiger partial charge in [-0.05, 0) is 89.9 Å². The maximum Gasteiger partial charge on any atom is 0.472 e. The minimum absolute atomic E-state index is 0.0666. The van der Waals surface area contributed by atoms with Crippen molar-refractivity contribution in [2.45, 2.75) is 193 Å². The number of carbonyl (C=O) groups is 1. The van der Waals surface area contributed by atoms with E-state index in [1.54, 1.807) is 0 Å². The average molecular weight is 938 g/mol. The molecule has 0 saturated heterocycles. The zero-order valence-electron chi connectivity index (χ0n) is 42.6. The summed E-state index contributed by atoms with van der Waals surface area (Å²) >= 11 is 0. The largest absolute Gasteiger partial charge is 0.472 e. The zero-order valence-corrected chi connectivity index (χ0v) is 43.5. The molecule has 0 radical (unpaired) electrons. The number of unbranched alkanes of at least 4 members (excludes halogenated alkanes) is 12.